The summed E-state index contributed by atoms with van der Waals surface area (Å²) in [6, 6.07) is 14.3. The number of amides is 2. The lowest BCUT2D eigenvalue weighted by Gasteiger charge is -2.37. The molecule has 2 atom stereocenters. The molecule has 0 spiro atoms. The molecule has 6 heteroatoms. The summed E-state index contributed by atoms with van der Waals surface area (Å²) >= 11 is 0. The molecule has 1 saturated heterocycles. The van der Waals surface area contributed by atoms with E-state index in [9.17, 15) is 9.59 Å². The second kappa shape index (κ2) is 7.73. The van der Waals surface area contributed by atoms with Gasteiger partial charge in [-0.15, -0.1) is 0 Å². The maximum Gasteiger partial charge on any atom is 0.255 e. The third-order valence-electron chi connectivity index (χ3n) is 5.46. The molecule has 4 rings (SSSR count). The van der Waals surface area contributed by atoms with Crippen molar-refractivity contribution < 1.29 is 9.59 Å². The Morgan fingerprint density at radius 3 is 2.93 bits per heavy atom. The van der Waals surface area contributed by atoms with Crippen LogP contribution in [0.25, 0.3) is 0 Å². The fourth-order valence-corrected chi connectivity index (χ4v) is 3.87. The van der Waals surface area contributed by atoms with E-state index in [4.69, 9.17) is 0 Å². The number of anilines is 2. The number of fused-ring (bicyclic) bond motifs is 1. The molecule has 3 N–H and O–H groups in total. The number of nitrogens with one attached hydrogen (secondary N) is 3. The highest BCUT2D eigenvalue weighted by Crippen LogP contribution is 2.26. The molecule has 2 aromatic rings. The van der Waals surface area contributed by atoms with Crippen molar-refractivity contribution in [3.05, 3.63) is 59.2 Å². The summed E-state index contributed by atoms with van der Waals surface area (Å²) in [4.78, 5) is 26.7. The smallest absolute Gasteiger partial charge is 0.255 e. The van der Waals surface area contributed by atoms with Gasteiger partial charge in [0.05, 0.1) is 6.42 Å². The van der Waals surface area contributed by atoms with Gasteiger partial charge in [-0.25, -0.2) is 0 Å². The van der Waals surface area contributed by atoms with Gasteiger partial charge < -0.3 is 16.0 Å². The molecule has 1 fully saturated rings. The molecule has 0 radical (unpaired) electrons. The van der Waals surface area contributed by atoms with Crippen LogP contribution >= 0.6 is 0 Å². The molecular formula is C22H26N4O2. The zero-order valence-electron chi connectivity index (χ0n) is 16.3. The predicted octanol–water partition coefficient (Wildman–Crippen LogP) is 2.62. The van der Waals surface area contributed by atoms with Crippen LogP contribution in [0.1, 0.15) is 35.3 Å². The molecule has 2 heterocycles. The fourth-order valence-electron chi connectivity index (χ4n) is 3.87. The Morgan fingerprint density at radius 1 is 1.21 bits per heavy atom. The minimum atomic E-state index is -0.138. The summed E-state index contributed by atoms with van der Waals surface area (Å²) in [5, 5.41) is 9.24. The summed E-state index contributed by atoms with van der Waals surface area (Å²) in [5.41, 5.74) is 4.22. The molecule has 2 amide bonds. The van der Waals surface area contributed by atoms with Crippen LogP contribution in [0.5, 0.6) is 0 Å². The molecule has 0 unspecified atom stereocenters. The van der Waals surface area contributed by atoms with Crippen LogP contribution in [0, 0.1) is 0 Å². The molecule has 0 aromatic heterocycles. The van der Waals surface area contributed by atoms with Gasteiger partial charge >= 0.3 is 0 Å². The standard InChI is InChI=1S/C22H26N4O2/c1-14-12-26(15(2)11-23-14)13-16-4-3-5-17(8-16)22(28)24-19-6-7-20-18(9-19)10-21(27)25-20/h3-9,14-15,23H,10-13H2,1-2H3,(H,24,28)(H,25,27)/t14-,15+/m1/s1. The van der Waals surface area contributed by atoms with Gasteiger partial charge in [0.15, 0.2) is 0 Å². The van der Waals surface area contributed by atoms with Crippen molar-refractivity contribution in [3.8, 4) is 0 Å². The summed E-state index contributed by atoms with van der Waals surface area (Å²) in [6.07, 6.45) is 0.357. The summed E-state index contributed by atoms with van der Waals surface area (Å²) in [5.74, 6) is -0.150. The average Bonchev–Trinajstić information content (AvgIpc) is 3.04. The maximum absolute atomic E-state index is 12.7. The minimum absolute atomic E-state index is 0.0114. The zero-order chi connectivity index (χ0) is 19.7. The van der Waals surface area contributed by atoms with Gasteiger partial charge in [0.2, 0.25) is 5.91 Å². The highest BCUT2D eigenvalue weighted by atomic mass is 16.2. The molecule has 2 aliphatic heterocycles. The van der Waals surface area contributed by atoms with E-state index in [0.29, 0.717) is 29.8 Å². The normalized spacial score (nSPS) is 21.9. The number of carbonyl (C=O) groups is 2. The Hall–Kier alpha value is -2.70. The third-order valence-corrected chi connectivity index (χ3v) is 5.46. The number of piperazine rings is 1. The van der Waals surface area contributed by atoms with Crippen molar-refractivity contribution in [2.45, 2.75) is 38.9 Å². The first-order valence-corrected chi connectivity index (χ1v) is 9.78. The van der Waals surface area contributed by atoms with E-state index in [0.717, 1.165) is 36.4 Å². The lowest BCUT2D eigenvalue weighted by molar-refractivity contribution is -0.115. The first-order valence-electron chi connectivity index (χ1n) is 9.78. The third kappa shape index (κ3) is 4.08. The Labute approximate surface area is 165 Å². The Balaban J connectivity index is 1.44. The molecule has 28 heavy (non-hydrogen) atoms. The molecule has 2 aliphatic rings. The van der Waals surface area contributed by atoms with Crippen LogP contribution in [0.4, 0.5) is 11.4 Å². The van der Waals surface area contributed by atoms with Crippen LogP contribution in [-0.4, -0.2) is 41.9 Å². The topological polar surface area (TPSA) is 73.5 Å². The molecule has 0 aliphatic carbocycles. The van der Waals surface area contributed by atoms with E-state index in [-0.39, 0.29) is 11.8 Å². The van der Waals surface area contributed by atoms with Gasteiger partial charge in [0, 0.05) is 48.7 Å². The van der Waals surface area contributed by atoms with Crippen molar-refractivity contribution in [2.75, 3.05) is 23.7 Å². The molecule has 2 aromatic carbocycles. The van der Waals surface area contributed by atoms with Crippen LogP contribution in [0.2, 0.25) is 0 Å². The first-order chi connectivity index (χ1) is 13.5. The summed E-state index contributed by atoms with van der Waals surface area (Å²) in [6.45, 7) is 7.24. The van der Waals surface area contributed by atoms with Gasteiger partial charge in [-0.3, -0.25) is 14.5 Å². The molecule has 0 bridgehead atoms. The molecule has 0 saturated carbocycles. The fraction of sp³-hybridized carbons (Fsp3) is 0.364. The highest BCUT2D eigenvalue weighted by Gasteiger charge is 2.22. The van der Waals surface area contributed by atoms with Gasteiger partial charge in [0.1, 0.15) is 0 Å². The number of hydrogen-bond acceptors (Lipinski definition) is 4. The largest absolute Gasteiger partial charge is 0.326 e. The van der Waals surface area contributed by atoms with Crippen LogP contribution in [0.3, 0.4) is 0 Å². The number of nitrogens with zero attached hydrogens (tertiary/aromatic N) is 1. The molecule has 6 nitrogen and oxygen atoms in total. The van der Waals surface area contributed by atoms with Gasteiger partial charge in [-0.2, -0.15) is 0 Å². The van der Waals surface area contributed by atoms with Crippen LogP contribution in [0.15, 0.2) is 42.5 Å². The molecule has 146 valence electrons. The Bertz CT molecular complexity index is 911. The SMILES string of the molecule is C[C@@H]1CN(Cc2cccc(C(=O)Nc3ccc4c(c3)CC(=O)N4)c2)[C@@H](C)CN1. The van der Waals surface area contributed by atoms with E-state index < -0.39 is 0 Å². The van der Waals surface area contributed by atoms with E-state index in [1.165, 1.54) is 0 Å². The number of rotatable bonds is 4. The van der Waals surface area contributed by atoms with Crippen molar-refractivity contribution >= 4 is 23.2 Å². The first kappa shape index (κ1) is 18.7. The highest BCUT2D eigenvalue weighted by molar-refractivity contribution is 6.05. The monoisotopic (exact) mass is 378 g/mol. The minimum Gasteiger partial charge on any atom is -0.326 e. The Kier molecular flexibility index (Phi) is 5.15. The predicted molar refractivity (Wildman–Crippen MR) is 111 cm³/mol. The van der Waals surface area contributed by atoms with Crippen molar-refractivity contribution in [3.63, 3.8) is 0 Å². The van der Waals surface area contributed by atoms with Crippen LogP contribution in [-0.2, 0) is 17.8 Å². The van der Waals surface area contributed by atoms with Crippen molar-refractivity contribution in [2.24, 2.45) is 0 Å². The average molecular weight is 378 g/mol. The van der Waals surface area contributed by atoms with Gasteiger partial charge in [-0.05, 0) is 55.3 Å². The van der Waals surface area contributed by atoms with E-state index in [1.807, 2.05) is 36.4 Å². The number of carbonyl (C=O) groups excluding carboxylic acids is 2. The molecular weight excluding hydrogens is 352 g/mol. The lowest BCUT2D eigenvalue weighted by Crippen LogP contribution is -2.53. The lowest BCUT2D eigenvalue weighted by atomic mass is 10.1. The second-order valence-corrected chi connectivity index (χ2v) is 7.84. The van der Waals surface area contributed by atoms with Crippen LogP contribution < -0.4 is 16.0 Å². The van der Waals surface area contributed by atoms with E-state index >= 15 is 0 Å². The quantitative estimate of drug-likeness (QED) is 0.765. The maximum atomic E-state index is 12.7. The zero-order valence-corrected chi connectivity index (χ0v) is 16.3. The summed E-state index contributed by atoms with van der Waals surface area (Å²) in [7, 11) is 0. The number of hydrogen-bond donors (Lipinski definition) is 3. The summed E-state index contributed by atoms with van der Waals surface area (Å²) < 4.78 is 0. The number of benzene rings is 2. The van der Waals surface area contributed by atoms with Crippen molar-refractivity contribution in [1.29, 1.82) is 0 Å². The second-order valence-electron chi connectivity index (χ2n) is 7.84. The van der Waals surface area contributed by atoms with E-state index in [1.54, 1.807) is 0 Å². The van der Waals surface area contributed by atoms with Gasteiger partial charge in [0.25, 0.3) is 5.91 Å². The van der Waals surface area contributed by atoms with Crippen molar-refractivity contribution in [1.82, 2.24) is 10.2 Å². The Morgan fingerprint density at radius 2 is 2.07 bits per heavy atom. The van der Waals surface area contributed by atoms with Gasteiger partial charge in [-0.1, -0.05) is 12.1 Å². The van der Waals surface area contributed by atoms with E-state index in [2.05, 4.69) is 40.8 Å².